The summed E-state index contributed by atoms with van der Waals surface area (Å²) in [6.45, 7) is 1.47. The number of carbonyl (C=O) groups excluding carboxylic acids is 2. The van der Waals surface area contributed by atoms with Gasteiger partial charge >= 0.3 is 0 Å². The molecule has 2 amide bonds. The van der Waals surface area contributed by atoms with Gasteiger partial charge in [0.1, 0.15) is 0 Å². The van der Waals surface area contributed by atoms with Crippen molar-refractivity contribution in [2.75, 3.05) is 17.3 Å². The summed E-state index contributed by atoms with van der Waals surface area (Å²) in [5.41, 5.74) is 1.31. The van der Waals surface area contributed by atoms with Crippen molar-refractivity contribution >= 4 is 46.4 Å². The molecule has 1 aromatic carbocycles. The first kappa shape index (κ1) is 13.8. The van der Waals surface area contributed by atoms with Crippen molar-refractivity contribution in [2.24, 2.45) is 0 Å². The van der Waals surface area contributed by atoms with Crippen LogP contribution in [0.4, 0.5) is 11.4 Å². The van der Waals surface area contributed by atoms with Crippen LogP contribution in [0.3, 0.4) is 0 Å². The Hall–Kier alpha value is -1.26. The average Bonchev–Trinajstić information content (AvgIpc) is 2.28. The van der Waals surface area contributed by atoms with Gasteiger partial charge in [0.15, 0.2) is 4.84 Å². The highest BCUT2D eigenvalue weighted by atomic mass is 35.5. The molecule has 0 heterocycles. The Morgan fingerprint density at radius 1 is 1.24 bits per heavy atom. The average molecular weight is 275 g/mol. The van der Waals surface area contributed by atoms with Gasteiger partial charge in [-0.05, 0) is 24.3 Å². The van der Waals surface area contributed by atoms with Crippen LogP contribution in [0.15, 0.2) is 24.3 Å². The van der Waals surface area contributed by atoms with E-state index in [2.05, 4.69) is 5.32 Å². The number of hydrogen-bond acceptors (Lipinski definition) is 2. The van der Waals surface area contributed by atoms with Crippen LogP contribution in [-0.2, 0) is 9.59 Å². The zero-order valence-corrected chi connectivity index (χ0v) is 10.9. The molecule has 0 saturated carbocycles. The van der Waals surface area contributed by atoms with E-state index in [9.17, 15) is 9.59 Å². The van der Waals surface area contributed by atoms with Gasteiger partial charge in [0.2, 0.25) is 5.91 Å². The minimum absolute atomic E-state index is 0.0663. The van der Waals surface area contributed by atoms with Crippen molar-refractivity contribution in [2.45, 2.75) is 11.8 Å². The van der Waals surface area contributed by atoms with Crippen LogP contribution >= 0.6 is 23.2 Å². The molecule has 0 aliphatic rings. The standard InChI is InChI=1S/C11H12Cl2N2O2/c1-7(16)15(2)9-5-3-8(4-6-9)14-11(17)10(12)13/h3-6,10H,1-2H3,(H,14,17). The molecule has 92 valence electrons. The molecule has 1 rings (SSSR count). The molecule has 0 aliphatic heterocycles. The summed E-state index contributed by atoms with van der Waals surface area (Å²) in [5.74, 6) is -0.552. The number of rotatable bonds is 3. The van der Waals surface area contributed by atoms with E-state index in [1.807, 2.05) is 0 Å². The maximum Gasteiger partial charge on any atom is 0.257 e. The lowest BCUT2D eigenvalue weighted by molar-refractivity contribution is -0.116. The van der Waals surface area contributed by atoms with Gasteiger partial charge in [0.05, 0.1) is 0 Å². The van der Waals surface area contributed by atoms with E-state index < -0.39 is 10.7 Å². The number of nitrogens with zero attached hydrogens (tertiary/aromatic N) is 1. The van der Waals surface area contributed by atoms with Crippen molar-refractivity contribution in [3.63, 3.8) is 0 Å². The van der Waals surface area contributed by atoms with Crippen molar-refractivity contribution in [3.05, 3.63) is 24.3 Å². The molecule has 0 fully saturated rings. The van der Waals surface area contributed by atoms with E-state index in [0.29, 0.717) is 5.69 Å². The van der Waals surface area contributed by atoms with Gasteiger partial charge in [-0.3, -0.25) is 9.59 Å². The van der Waals surface area contributed by atoms with Gasteiger partial charge in [0.25, 0.3) is 5.91 Å². The third-order valence-electron chi connectivity index (χ3n) is 2.19. The lowest BCUT2D eigenvalue weighted by atomic mass is 10.2. The fourth-order valence-electron chi connectivity index (χ4n) is 1.15. The fourth-order valence-corrected chi connectivity index (χ4v) is 1.26. The van der Waals surface area contributed by atoms with Crippen LogP contribution in [0, 0.1) is 0 Å². The molecule has 0 bridgehead atoms. The monoisotopic (exact) mass is 274 g/mol. The molecule has 0 unspecified atom stereocenters. The highest BCUT2D eigenvalue weighted by molar-refractivity contribution is 6.54. The molecule has 0 atom stereocenters. The third kappa shape index (κ3) is 3.91. The second-order valence-corrected chi connectivity index (χ2v) is 4.51. The smallest absolute Gasteiger partial charge is 0.257 e. The molecule has 0 saturated heterocycles. The Kier molecular flexibility index (Phi) is 4.78. The van der Waals surface area contributed by atoms with E-state index >= 15 is 0 Å². The fraction of sp³-hybridized carbons (Fsp3) is 0.273. The van der Waals surface area contributed by atoms with Crippen LogP contribution < -0.4 is 10.2 Å². The maximum absolute atomic E-state index is 11.2. The number of hydrogen-bond donors (Lipinski definition) is 1. The summed E-state index contributed by atoms with van der Waals surface area (Å²) in [5, 5.41) is 2.53. The minimum atomic E-state index is -1.10. The summed E-state index contributed by atoms with van der Waals surface area (Å²) in [4.78, 5) is 22.7. The van der Waals surface area contributed by atoms with Gasteiger partial charge in [-0.2, -0.15) is 0 Å². The lowest BCUT2D eigenvalue weighted by Crippen LogP contribution is -2.23. The molecule has 0 aliphatic carbocycles. The van der Waals surface area contributed by atoms with Gasteiger partial charge < -0.3 is 10.2 Å². The number of alkyl halides is 2. The highest BCUT2D eigenvalue weighted by Crippen LogP contribution is 2.17. The zero-order chi connectivity index (χ0) is 13.0. The predicted octanol–water partition coefficient (Wildman–Crippen LogP) is 2.41. The van der Waals surface area contributed by atoms with Crippen molar-refractivity contribution in [1.29, 1.82) is 0 Å². The van der Waals surface area contributed by atoms with E-state index in [-0.39, 0.29) is 5.91 Å². The molecule has 1 aromatic rings. The molecule has 0 aromatic heterocycles. The first-order valence-electron chi connectivity index (χ1n) is 4.85. The Bertz CT molecular complexity index is 418. The van der Waals surface area contributed by atoms with E-state index in [1.54, 1.807) is 31.3 Å². The second kappa shape index (κ2) is 5.89. The predicted molar refractivity (Wildman–Crippen MR) is 69.6 cm³/mol. The van der Waals surface area contributed by atoms with Crippen molar-refractivity contribution in [1.82, 2.24) is 0 Å². The maximum atomic E-state index is 11.2. The van der Waals surface area contributed by atoms with Gasteiger partial charge in [-0.25, -0.2) is 0 Å². The number of benzene rings is 1. The molecule has 0 radical (unpaired) electrons. The number of anilines is 2. The largest absolute Gasteiger partial charge is 0.324 e. The first-order valence-corrected chi connectivity index (χ1v) is 5.72. The number of amides is 2. The molecule has 4 nitrogen and oxygen atoms in total. The quantitative estimate of drug-likeness (QED) is 0.861. The number of carbonyl (C=O) groups is 2. The van der Waals surface area contributed by atoms with Gasteiger partial charge in [-0.15, -0.1) is 0 Å². The molecule has 0 spiro atoms. The first-order chi connectivity index (χ1) is 7.91. The molecule has 1 N–H and O–H groups in total. The molecular weight excluding hydrogens is 263 g/mol. The second-order valence-electron chi connectivity index (χ2n) is 3.41. The number of halogens is 2. The van der Waals surface area contributed by atoms with Gasteiger partial charge in [-0.1, -0.05) is 23.2 Å². The third-order valence-corrected chi connectivity index (χ3v) is 2.59. The Morgan fingerprint density at radius 2 is 1.76 bits per heavy atom. The molecule has 6 heteroatoms. The van der Waals surface area contributed by atoms with Crippen LogP contribution in [0.25, 0.3) is 0 Å². The summed E-state index contributed by atoms with van der Waals surface area (Å²) >= 11 is 10.8. The highest BCUT2D eigenvalue weighted by Gasteiger charge is 2.11. The minimum Gasteiger partial charge on any atom is -0.324 e. The summed E-state index contributed by atoms with van der Waals surface area (Å²) in [6.07, 6.45) is 0. The summed E-state index contributed by atoms with van der Waals surface area (Å²) in [6, 6.07) is 6.77. The Morgan fingerprint density at radius 3 is 2.18 bits per heavy atom. The summed E-state index contributed by atoms with van der Waals surface area (Å²) in [7, 11) is 1.67. The van der Waals surface area contributed by atoms with E-state index in [0.717, 1.165) is 5.69 Å². The zero-order valence-electron chi connectivity index (χ0n) is 9.41. The van der Waals surface area contributed by atoms with Crippen molar-refractivity contribution < 1.29 is 9.59 Å². The van der Waals surface area contributed by atoms with Crippen LogP contribution in [-0.4, -0.2) is 23.7 Å². The normalized spacial score (nSPS) is 10.2. The SMILES string of the molecule is CC(=O)N(C)c1ccc(NC(=O)C(Cl)Cl)cc1. The number of nitrogens with one attached hydrogen (secondary N) is 1. The van der Waals surface area contributed by atoms with E-state index in [4.69, 9.17) is 23.2 Å². The van der Waals surface area contributed by atoms with Crippen LogP contribution in [0.5, 0.6) is 0 Å². The molecular formula is C11H12Cl2N2O2. The topological polar surface area (TPSA) is 49.4 Å². The Labute approximate surface area is 109 Å². The van der Waals surface area contributed by atoms with E-state index in [1.165, 1.54) is 11.8 Å². The molecule has 17 heavy (non-hydrogen) atoms. The summed E-state index contributed by atoms with van der Waals surface area (Å²) < 4.78 is 0. The van der Waals surface area contributed by atoms with Gasteiger partial charge in [0, 0.05) is 25.3 Å². The van der Waals surface area contributed by atoms with Crippen LogP contribution in [0.1, 0.15) is 6.92 Å². The van der Waals surface area contributed by atoms with Crippen LogP contribution in [0.2, 0.25) is 0 Å². The lowest BCUT2D eigenvalue weighted by Gasteiger charge is -2.15. The van der Waals surface area contributed by atoms with Crippen molar-refractivity contribution in [3.8, 4) is 0 Å². The Balaban J connectivity index is 2.75.